The Morgan fingerprint density at radius 3 is 2.47 bits per heavy atom. The number of piperidine rings is 1. The summed E-state index contributed by atoms with van der Waals surface area (Å²) in [6, 6.07) is 6.71. The van der Waals surface area contributed by atoms with Gasteiger partial charge in [0, 0.05) is 18.5 Å². The highest BCUT2D eigenvalue weighted by Gasteiger charge is 2.41. The SMILES string of the molecule is CNC1CCCN(C(=O)C2CC2)[C@H]1CO[C@H]1CC[C@@H](c2ccccc2OC(F)(F)F)CC1. The standard InChI is InChI=1S/C24H33F3N2O3/c1-28-20-6-4-14-29(23(30)17-8-9-17)21(20)15-31-18-12-10-16(11-13-18)19-5-2-3-7-22(19)32-24(25,26)27/h2-3,5,7,16-18,20-21,28H,4,6,8-15H2,1H3/t16-,18+,20?,21-/m0/s1. The molecular formula is C24H33F3N2O3. The molecule has 5 nitrogen and oxygen atoms in total. The van der Waals surface area contributed by atoms with Crippen LogP contribution in [0.5, 0.6) is 5.75 Å². The predicted octanol–water partition coefficient (Wildman–Crippen LogP) is 4.62. The van der Waals surface area contributed by atoms with Gasteiger partial charge < -0.3 is 19.7 Å². The number of carbonyl (C=O) groups excluding carboxylic acids is 1. The lowest BCUT2D eigenvalue weighted by Crippen LogP contribution is -2.57. The molecule has 2 saturated carbocycles. The number of ether oxygens (including phenoxy) is 2. The minimum atomic E-state index is -4.69. The fourth-order valence-corrected chi connectivity index (χ4v) is 5.25. The molecule has 0 spiro atoms. The Morgan fingerprint density at radius 1 is 1.09 bits per heavy atom. The maximum Gasteiger partial charge on any atom is 0.573 e. The van der Waals surface area contributed by atoms with E-state index in [0.717, 1.165) is 57.9 Å². The zero-order chi connectivity index (χ0) is 22.7. The molecule has 1 heterocycles. The van der Waals surface area contributed by atoms with Gasteiger partial charge in [-0.1, -0.05) is 18.2 Å². The van der Waals surface area contributed by atoms with Crippen molar-refractivity contribution in [3.05, 3.63) is 29.8 Å². The number of halogens is 3. The number of hydrogen-bond acceptors (Lipinski definition) is 4. The van der Waals surface area contributed by atoms with Crippen molar-refractivity contribution in [3.8, 4) is 5.75 Å². The Hall–Kier alpha value is -1.80. The van der Waals surface area contributed by atoms with Crippen molar-refractivity contribution in [1.82, 2.24) is 10.2 Å². The van der Waals surface area contributed by atoms with Crippen LogP contribution in [0.15, 0.2) is 24.3 Å². The minimum Gasteiger partial charge on any atom is -0.405 e. The van der Waals surface area contributed by atoms with Crippen LogP contribution in [0.25, 0.3) is 0 Å². The number of nitrogens with zero attached hydrogens (tertiary/aromatic N) is 1. The number of carbonyl (C=O) groups is 1. The van der Waals surface area contributed by atoms with Crippen molar-refractivity contribution in [2.75, 3.05) is 20.2 Å². The molecule has 2 atom stereocenters. The molecule has 178 valence electrons. The van der Waals surface area contributed by atoms with E-state index in [1.165, 1.54) is 6.07 Å². The molecule has 8 heteroatoms. The second-order valence-electron chi connectivity index (χ2n) is 9.30. The third-order valence-corrected chi connectivity index (χ3v) is 7.12. The zero-order valence-electron chi connectivity index (χ0n) is 18.6. The average molecular weight is 455 g/mol. The van der Waals surface area contributed by atoms with Gasteiger partial charge >= 0.3 is 6.36 Å². The van der Waals surface area contributed by atoms with Crippen molar-refractivity contribution < 1.29 is 27.4 Å². The van der Waals surface area contributed by atoms with Crippen molar-refractivity contribution in [2.24, 2.45) is 5.92 Å². The Balaban J connectivity index is 1.32. The van der Waals surface area contributed by atoms with Crippen LogP contribution in [-0.2, 0) is 9.53 Å². The molecule has 1 aromatic carbocycles. The van der Waals surface area contributed by atoms with Crippen LogP contribution in [0.3, 0.4) is 0 Å². The molecule has 0 bridgehead atoms. The topological polar surface area (TPSA) is 50.8 Å². The summed E-state index contributed by atoms with van der Waals surface area (Å²) >= 11 is 0. The molecule has 1 aliphatic heterocycles. The molecular weight excluding hydrogens is 421 g/mol. The molecule has 3 aliphatic rings. The summed E-state index contributed by atoms with van der Waals surface area (Å²) in [4.78, 5) is 14.8. The van der Waals surface area contributed by atoms with Gasteiger partial charge in [0.1, 0.15) is 5.75 Å². The van der Waals surface area contributed by atoms with Gasteiger partial charge in [-0.3, -0.25) is 4.79 Å². The first-order valence-corrected chi connectivity index (χ1v) is 11.8. The van der Waals surface area contributed by atoms with Crippen LogP contribution in [0.4, 0.5) is 13.2 Å². The van der Waals surface area contributed by atoms with E-state index < -0.39 is 6.36 Å². The van der Waals surface area contributed by atoms with Gasteiger partial charge in [0.15, 0.2) is 0 Å². The normalized spacial score (nSPS) is 29.1. The maximum atomic E-state index is 12.8. The van der Waals surface area contributed by atoms with E-state index in [2.05, 4.69) is 10.1 Å². The Kier molecular flexibility index (Phi) is 7.30. The van der Waals surface area contributed by atoms with Crippen LogP contribution >= 0.6 is 0 Å². The number of likely N-dealkylation sites (N-methyl/N-ethyl adjacent to an activating group) is 1. The summed E-state index contributed by atoms with van der Waals surface area (Å²) in [5, 5.41) is 3.36. The van der Waals surface area contributed by atoms with E-state index in [-0.39, 0.29) is 41.7 Å². The molecule has 1 amide bonds. The highest BCUT2D eigenvalue weighted by molar-refractivity contribution is 5.81. The fraction of sp³-hybridized carbons (Fsp3) is 0.708. The summed E-state index contributed by atoms with van der Waals surface area (Å²) in [6.45, 7) is 1.30. The summed E-state index contributed by atoms with van der Waals surface area (Å²) in [6.07, 6.45) is 2.50. The van der Waals surface area contributed by atoms with Crippen molar-refractivity contribution in [2.45, 2.75) is 81.8 Å². The molecule has 3 fully saturated rings. The number of likely N-dealkylation sites (tertiary alicyclic amines) is 1. The minimum absolute atomic E-state index is 0.0288. The number of alkyl halides is 3. The highest BCUT2D eigenvalue weighted by Crippen LogP contribution is 2.40. The van der Waals surface area contributed by atoms with E-state index in [1.807, 2.05) is 11.9 Å². The van der Waals surface area contributed by atoms with Crippen LogP contribution in [0, 0.1) is 5.92 Å². The number of para-hydroxylation sites is 1. The first-order chi connectivity index (χ1) is 15.4. The first kappa shape index (κ1) is 23.4. The van der Waals surface area contributed by atoms with Crippen LogP contribution in [-0.4, -0.2) is 55.6 Å². The van der Waals surface area contributed by atoms with Crippen LogP contribution in [0.1, 0.15) is 62.8 Å². The molecule has 2 aliphatic carbocycles. The summed E-state index contributed by atoms with van der Waals surface area (Å²) in [5.41, 5.74) is 0.618. The maximum absolute atomic E-state index is 12.8. The van der Waals surface area contributed by atoms with Crippen molar-refractivity contribution in [1.29, 1.82) is 0 Å². The van der Waals surface area contributed by atoms with Crippen LogP contribution < -0.4 is 10.1 Å². The van der Waals surface area contributed by atoms with Gasteiger partial charge in [-0.05, 0) is 76.0 Å². The largest absolute Gasteiger partial charge is 0.573 e. The highest BCUT2D eigenvalue weighted by atomic mass is 19.4. The summed E-state index contributed by atoms with van der Waals surface area (Å²) in [5.74, 6) is 0.393. The molecule has 0 radical (unpaired) electrons. The number of hydrogen-bond donors (Lipinski definition) is 1. The predicted molar refractivity (Wildman–Crippen MR) is 114 cm³/mol. The molecule has 4 rings (SSSR count). The molecule has 32 heavy (non-hydrogen) atoms. The third kappa shape index (κ3) is 5.76. The van der Waals surface area contributed by atoms with E-state index >= 15 is 0 Å². The van der Waals surface area contributed by atoms with Gasteiger partial charge in [0.2, 0.25) is 5.91 Å². The number of amides is 1. The van der Waals surface area contributed by atoms with Gasteiger partial charge in [0.25, 0.3) is 0 Å². The number of benzene rings is 1. The van der Waals surface area contributed by atoms with E-state index in [1.54, 1.807) is 18.2 Å². The van der Waals surface area contributed by atoms with Gasteiger partial charge in [0.05, 0.1) is 18.8 Å². The first-order valence-electron chi connectivity index (χ1n) is 11.8. The molecule has 1 aromatic rings. The Morgan fingerprint density at radius 2 is 1.81 bits per heavy atom. The molecule has 1 saturated heterocycles. The zero-order valence-corrected chi connectivity index (χ0v) is 18.6. The molecule has 0 aromatic heterocycles. The summed E-state index contributed by atoms with van der Waals surface area (Å²) in [7, 11) is 1.94. The Bertz CT molecular complexity index is 776. The lowest BCUT2D eigenvalue weighted by molar-refractivity contribution is -0.275. The van der Waals surface area contributed by atoms with Crippen molar-refractivity contribution in [3.63, 3.8) is 0 Å². The summed E-state index contributed by atoms with van der Waals surface area (Å²) < 4.78 is 48.8. The Labute approximate surface area is 187 Å². The quantitative estimate of drug-likeness (QED) is 0.654. The molecule has 1 unspecified atom stereocenters. The van der Waals surface area contributed by atoms with E-state index in [9.17, 15) is 18.0 Å². The smallest absolute Gasteiger partial charge is 0.405 e. The fourth-order valence-electron chi connectivity index (χ4n) is 5.25. The second-order valence-corrected chi connectivity index (χ2v) is 9.30. The van der Waals surface area contributed by atoms with Gasteiger partial charge in [-0.2, -0.15) is 0 Å². The average Bonchev–Trinajstić information content (AvgIpc) is 3.62. The lowest BCUT2D eigenvalue weighted by atomic mass is 9.82. The molecule has 1 N–H and O–H groups in total. The monoisotopic (exact) mass is 454 g/mol. The number of rotatable bonds is 7. The third-order valence-electron chi connectivity index (χ3n) is 7.12. The van der Waals surface area contributed by atoms with E-state index in [0.29, 0.717) is 12.2 Å². The lowest BCUT2D eigenvalue weighted by Gasteiger charge is -2.42. The van der Waals surface area contributed by atoms with Gasteiger partial charge in [-0.25, -0.2) is 0 Å². The van der Waals surface area contributed by atoms with Gasteiger partial charge in [-0.15, -0.1) is 13.2 Å². The van der Waals surface area contributed by atoms with Crippen molar-refractivity contribution >= 4 is 5.91 Å². The number of nitrogens with one attached hydrogen (secondary N) is 1. The van der Waals surface area contributed by atoms with E-state index in [4.69, 9.17) is 4.74 Å². The van der Waals surface area contributed by atoms with Crippen LogP contribution in [0.2, 0.25) is 0 Å². The second kappa shape index (κ2) is 10.00.